The van der Waals surface area contributed by atoms with Gasteiger partial charge in [-0.05, 0) is 49.5 Å². The number of amides is 1. The van der Waals surface area contributed by atoms with E-state index in [0.29, 0.717) is 18.2 Å². The minimum Gasteiger partial charge on any atom is -0.350 e. The SMILES string of the molecule is Cl.Cl.O=C(NCCc1cnc[nH]1)c1cc(C2CCNCC2)ccn1. The van der Waals surface area contributed by atoms with Gasteiger partial charge >= 0.3 is 0 Å². The van der Waals surface area contributed by atoms with Crippen molar-refractivity contribution in [1.29, 1.82) is 0 Å². The lowest BCUT2D eigenvalue weighted by molar-refractivity contribution is 0.0949. The van der Waals surface area contributed by atoms with E-state index >= 15 is 0 Å². The number of hydrogen-bond donors (Lipinski definition) is 3. The average molecular weight is 372 g/mol. The van der Waals surface area contributed by atoms with Crippen LogP contribution < -0.4 is 10.6 Å². The van der Waals surface area contributed by atoms with Crippen molar-refractivity contribution in [3.8, 4) is 0 Å². The Morgan fingerprint density at radius 1 is 1.29 bits per heavy atom. The highest BCUT2D eigenvalue weighted by molar-refractivity contribution is 5.92. The molecule has 0 aliphatic carbocycles. The first-order valence-corrected chi connectivity index (χ1v) is 7.75. The van der Waals surface area contributed by atoms with Gasteiger partial charge in [-0.1, -0.05) is 0 Å². The summed E-state index contributed by atoms with van der Waals surface area (Å²) in [6.07, 6.45) is 8.11. The molecule has 0 atom stereocenters. The number of imidazole rings is 1. The zero-order chi connectivity index (χ0) is 15.2. The molecule has 1 aliphatic rings. The molecule has 132 valence electrons. The Kier molecular flexibility index (Phi) is 8.74. The molecular formula is C16H23Cl2N5O. The van der Waals surface area contributed by atoms with Gasteiger partial charge in [0.05, 0.1) is 6.33 Å². The van der Waals surface area contributed by atoms with Crippen LogP contribution >= 0.6 is 24.8 Å². The normalized spacial score (nSPS) is 14.3. The van der Waals surface area contributed by atoms with Crippen molar-refractivity contribution in [2.24, 2.45) is 0 Å². The van der Waals surface area contributed by atoms with Crippen LogP contribution in [0.4, 0.5) is 0 Å². The number of nitrogens with one attached hydrogen (secondary N) is 3. The standard InChI is InChI=1S/C16H21N5O.2ClH/c22-16(20-8-4-14-10-18-11-21-14)15-9-13(3-7-19-15)12-1-5-17-6-2-12;;/h3,7,9-12,17H,1-2,4-6,8H2,(H,18,21)(H,20,22);2*1H. The Morgan fingerprint density at radius 2 is 2.08 bits per heavy atom. The van der Waals surface area contributed by atoms with E-state index in [-0.39, 0.29) is 30.7 Å². The predicted molar refractivity (Wildman–Crippen MR) is 98.2 cm³/mol. The number of hydrogen-bond acceptors (Lipinski definition) is 4. The fourth-order valence-corrected chi connectivity index (χ4v) is 2.80. The molecule has 0 radical (unpaired) electrons. The molecule has 8 heteroatoms. The van der Waals surface area contributed by atoms with Gasteiger partial charge in [-0.2, -0.15) is 0 Å². The van der Waals surface area contributed by atoms with E-state index in [4.69, 9.17) is 0 Å². The number of nitrogens with zero attached hydrogens (tertiary/aromatic N) is 2. The lowest BCUT2D eigenvalue weighted by Gasteiger charge is -2.23. The molecule has 0 saturated carbocycles. The highest BCUT2D eigenvalue weighted by atomic mass is 35.5. The van der Waals surface area contributed by atoms with Crippen molar-refractivity contribution >= 4 is 30.7 Å². The van der Waals surface area contributed by atoms with E-state index in [1.54, 1.807) is 18.7 Å². The molecule has 1 amide bonds. The zero-order valence-corrected chi connectivity index (χ0v) is 15.0. The summed E-state index contributed by atoms with van der Waals surface area (Å²) in [6.45, 7) is 2.65. The van der Waals surface area contributed by atoms with Crippen LogP contribution in [-0.2, 0) is 6.42 Å². The van der Waals surface area contributed by atoms with Crippen LogP contribution in [0.2, 0.25) is 0 Å². The molecule has 6 nitrogen and oxygen atoms in total. The molecule has 3 N–H and O–H groups in total. The van der Waals surface area contributed by atoms with Gasteiger partial charge in [-0.3, -0.25) is 9.78 Å². The molecule has 1 fully saturated rings. The third-order valence-electron chi connectivity index (χ3n) is 4.06. The van der Waals surface area contributed by atoms with Gasteiger partial charge < -0.3 is 15.6 Å². The van der Waals surface area contributed by atoms with Crippen LogP contribution in [0.3, 0.4) is 0 Å². The van der Waals surface area contributed by atoms with Crippen LogP contribution in [0.25, 0.3) is 0 Å². The van der Waals surface area contributed by atoms with Crippen LogP contribution in [-0.4, -0.2) is 40.5 Å². The Hall–Kier alpha value is -1.63. The van der Waals surface area contributed by atoms with Crippen LogP contribution in [0.5, 0.6) is 0 Å². The van der Waals surface area contributed by atoms with Gasteiger partial charge in [0.25, 0.3) is 5.91 Å². The van der Waals surface area contributed by atoms with Crippen molar-refractivity contribution < 1.29 is 4.79 Å². The number of rotatable bonds is 5. The zero-order valence-electron chi connectivity index (χ0n) is 13.3. The molecule has 3 rings (SSSR count). The van der Waals surface area contributed by atoms with Crippen molar-refractivity contribution in [3.05, 3.63) is 47.8 Å². The molecule has 2 aromatic heterocycles. The monoisotopic (exact) mass is 371 g/mol. The number of carbonyl (C=O) groups is 1. The van der Waals surface area contributed by atoms with E-state index in [0.717, 1.165) is 38.0 Å². The number of aromatic nitrogens is 3. The van der Waals surface area contributed by atoms with Gasteiger partial charge in [0, 0.05) is 31.1 Å². The highest BCUT2D eigenvalue weighted by Crippen LogP contribution is 2.24. The molecular weight excluding hydrogens is 349 g/mol. The second-order valence-corrected chi connectivity index (χ2v) is 5.58. The molecule has 2 aromatic rings. The molecule has 1 aliphatic heterocycles. The fraction of sp³-hybridized carbons (Fsp3) is 0.438. The maximum Gasteiger partial charge on any atom is 0.269 e. The number of aromatic amines is 1. The molecule has 0 unspecified atom stereocenters. The first-order chi connectivity index (χ1) is 10.8. The minimum absolute atomic E-state index is 0. The van der Waals surface area contributed by atoms with Gasteiger partial charge in [-0.25, -0.2) is 4.98 Å². The molecule has 1 saturated heterocycles. The molecule has 0 spiro atoms. The second-order valence-electron chi connectivity index (χ2n) is 5.58. The third kappa shape index (κ3) is 5.47. The molecule has 0 aromatic carbocycles. The third-order valence-corrected chi connectivity index (χ3v) is 4.06. The topological polar surface area (TPSA) is 82.7 Å². The van der Waals surface area contributed by atoms with Gasteiger partial charge in [0.1, 0.15) is 5.69 Å². The summed E-state index contributed by atoms with van der Waals surface area (Å²) >= 11 is 0. The Bertz CT molecular complexity index is 615. The predicted octanol–water partition coefficient (Wildman–Crippen LogP) is 2.09. The van der Waals surface area contributed by atoms with Crippen molar-refractivity contribution in [2.75, 3.05) is 19.6 Å². The van der Waals surface area contributed by atoms with Crippen molar-refractivity contribution in [2.45, 2.75) is 25.2 Å². The first kappa shape index (κ1) is 20.4. The smallest absolute Gasteiger partial charge is 0.269 e. The summed E-state index contributed by atoms with van der Waals surface area (Å²) < 4.78 is 0. The van der Waals surface area contributed by atoms with Crippen LogP contribution in [0.1, 0.15) is 40.5 Å². The highest BCUT2D eigenvalue weighted by Gasteiger charge is 2.17. The molecule has 3 heterocycles. The lowest BCUT2D eigenvalue weighted by atomic mass is 9.90. The van der Waals surface area contributed by atoms with E-state index in [9.17, 15) is 4.79 Å². The lowest BCUT2D eigenvalue weighted by Crippen LogP contribution is -2.28. The Labute approximate surface area is 154 Å². The summed E-state index contributed by atoms with van der Waals surface area (Å²) in [5.41, 5.74) is 2.73. The van der Waals surface area contributed by atoms with Gasteiger partial charge in [-0.15, -0.1) is 24.8 Å². The minimum atomic E-state index is -0.115. The van der Waals surface area contributed by atoms with E-state index < -0.39 is 0 Å². The largest absolute Gasteiger partial charge is 0.350 e. The summed E-state index contributed by atoms with van der Waals surface area (Å²) in [5, 5.41) is 6.27. The van der Waals surface area contributed by atoms with Crippen molar-refractivity contribution in [3.63, 3.8) is 0 Å². The second kappa shape index (κ2) is 10.3. The summed E-state index contributed by atoms with van der Waals surface area (Å²) in [4.78, 5) is 23.4. The number of halogens is 2. The van der Waals surface area contributed by atoms with E-state index in [1.165, 1.54) is 5.56 Å². The van der Waals surface area contributed by atoms with Crippen LogP contribution in [0, 0.1) is 0 Å². The molecule has 24 heavy (non-hydrogen) atoms. The first-order valence-electron chi connectivity index (χ1n) is 7.75. The number of carbonyl (C=O) groups excluding carboxylic acids is 1. The molecule has 0 bridgehead atoms. The maximum absolute atomic E-state index is 12.2. The quantitative estimate of drug-likeness (QED) is 0.751. The van der Waals surface area contributed by atoms with Crippen LogP contribution in [0.15, 0.2) is 30.9 Å². The van der Waals surface area contributed by atoms with Gasteiger partial charge in [0.2, 0.25) is 0 Å². The number of pyridine rings is 1. The number of piperidine rings is 1. The Morgan fingerprint density at radius 3 is 2.79 bits per heavy atom. The summed E-state index contributed by atoms with van der Waals surface area (Å²) in [7, 11) is 0. The maximum atomic E-state index is 12.2. The Balaban J connectivity index is 0.00000144. The fourth-order valence-electron chi connectivity index (χ4n) is 2.80. The number of H-pyrrole nitrogens is 1. The van der Waals surface area contributed by atoms with E-state index in [2.05, 4.69) is 25.6 Å². The van der Waals surface area contributed by atoms with Gasteiger partial charge in [0.15, 0.2) is 0 Å². The summed E-state index contributed by atoms with van der Waals surface area (Å²) in [6, 6.07) is 3.96. The summed E-state index contributed by atoms with van der Waals surface area (Å²) in [5.74, 6) is 0.413. The average Bonchev–Trinajstić information content (AvgIpc) is 3.09. The van der Waals surface area contributed by atoms with E-state index in [1.807, 2.05) is 12.1 Å². The van der Waals surface area contributed by atoms with Crippen molar-refractivity contribution in [1.82, 2.24) is 25.6 Å².